The number of hydrogen-bond acceptors (Lipinski definition) is 14. The van der Waals surface area contributed by atoms with E-state index in [-0.39, 0.29) is 70.5 Å². The van der Waals surface area contributed by atoms with Crippen LogP contribution < -0.4 is 54.4 Å². The Morgan fingerprint density at radius 3 is 1.55 bits per heavy atom. The summed E-state index contributed by atoms with van der Waals surface area (Å²) in [4.78, 5) is 160. The zero-order valence-electron chi connectivity index (χ0n) is 44.0. The van der Waals surface area contributed by atoms with Gasteiger partial charge in [0, 0.05) is 25.9 Å². The van der Waals surface area contributed by atoms with Crippen molar-refractivity contribution < 1.29 is 67.7 Å². The third-order valence-corrected chi connectivity index (χ3v) is 12.8. The van der Waals surface area contributed by atoms with E-state index in [0.29, 0.717) is 25.7 Å². The molecule has 2 saturated heterocycles. The van der Waals surface area contributed by atoms with Crippen molar-refractivity contribution in [2.75, 3.05) is 19.6 Å². The average molecular weight is 1050 g/mol. The van der Waals surface area contributed by atoms with Crippen LogP contribution in [-0.4, -0.2) is 171 Å². The number of amides is 10. The number of carboxylic acids is 2. The van der Waals surface area contributed by atoms with Gasteiger partial charge in [0.15, 0.2) is 0 Å². The summed E-state index contributed by atoms with van der Waals surface area (Å²) in [5, 5.41) is 37.2. The van der Waals surface area contributed by atoms with E-state index in [9.17, 15) is 67.7 Å². The lowest BCUT2D eigenvalue weighted by Crippen LogP contribution is -2.61. The second-order valence-corrected chi connectivity index (χ2v) is 20.3. The van der Waals surface area contributed by atoms with Gasteiger partial charge in [-0.15, -0.1) is 0 Å². The molecule has 2 aliphatic heterocycles. The molecule has 10 atom stereocenters. The number of likely N-dealkylation sites (tertiary alicyclic amines) is 2. The van der Waals surface area contributed by atoms with Gasteiger partial charge in [-0.3, -0.25) is 52.7 Å². The molecule has 0 aromatic heterocycles. The number of unbranched alkanes of at least 4 members (excludes halogenated alkanes) is 1. The molecule has 2 rings (SSSR count). The Morgan fingerprint density at radius 1 is 0.541 bits per heavy atom. The van der Waals surface area contributed by atoms with Crippen LogP contribution in [0.2, 0.25) is 0 Å². The molecular weight excluding hydrogens is 969 g/mol. The lowest BCUT2D eigenvalue weighted by Gasteiger charge is -2.33. The molecule has 2 heterocycles. The number of nitrogens with two attached hydrogens (primary N) is 3. The van der Waals surface area contributed by atoms with E-state index >= 15 is 0 Å². The molecule has 0 radical (unpaired) electrons. The number of rotatable bonds is 31. The van der Waals surface area contributed by atoms with Crippen LogP contribution in [0.3, 0.4) is 0 Å². The molecule has 0 saturated carbocycles. The van der Waals surface area contributed by atoms with Gasteiger partial charge in [0.25, 0.3) is 0 Å². The molecule has 10 amide bonds. The van der Waals surface area contributed by atoms with Crippen molar-refractivity contribution in [3.63, 3.8) is 0 Å². The highest BCUT2D eigenvalue weighted by Crippen LogP contribution is 2.24. The SMILES string of the molecule is CC(C)C[C@H](NC(=O)[C@@H]1CCCN1C(=O)[C@@H](NC(=O)[C@@H]1CCCN1C(=O)[C@H](CCC(=O)O)NC(=O)[C@H](C)NC(=O)[C@H](C)N)C(C)C)C(=O)N[C@H](C(=O)N[C@@H](CCCCN)C(=O)N[C@@H](CCC(N)=O)C(=O)O)C(C)C. The van der Waals surface area contributed by atoms with Gasteiger partial charge in [0.2, 0.25) is 59.1 Å². The summed E-state index contributed by atoms with van der Waals surface area (Å²) in [6, 6.07) is -12.0. The second kappa shape index (κ2) is 30.7. The van der Waals surface area contributed by atoms with Gasteiger partial charge >= 0.3 is 11.9 Å². The molecule has 2 aliphatic rings. The zero-order chi connectivity index (χ0) is 56.1. The maximum atomic E-state index is 14.4. The normalized spacial score (nSPS) is 18.7. The number of hydrogen-bond donors (Lipinski definition) is 12. The maximum absolute atomic E-state index is 14.4. The Bertz CT molecular complexity index is 2020. The number of nitrogens with one attached hydrogen (secondary N) is 7. The van der Waals surface area contributed by atoms with Gasteiger partial charge in [-0.05, 0) is 102 Å². The number of aliphatic carboxylic acids is 2. The van der Waals surface area contributed by atoms with E-state index in [1.165, 1.54) is 23.6 Å². The summed E-state index contributed by atoms with van der Waals surface area (Å²) >= 11 is 0. The number of carbonyl (C=O) groups excluding carboxylic acids is 10. The Kier molecular flexibility index (Phi) is 26.4. The zero-order valence-corrected chi connectivity index (χ0v) is 44.0. The third kappa shape index (κ3) is 20.1. The highest BCUT2D eigenvalue weighted by atomic mass is 16.4. The van der Waals surface area contributed by atoms with Crippen molar-refractivity contribution in [3.8, 4) is 0 Å². The van der Waals surface area contributed by atoms with Crippen LogP contribution >= 0.6 is 0 Å². The minimum absolute atomic E-state index is 0.0647. The lowest BCUT2D eigenvalue weighted by atomic mass is 9.98. The van der Waals surface area contributed by atoms with Gasteiger partial charge in [-0.1, -0.05) is 41.5 Å². The van der Waals surface area contributed by atoms with Crippen LogP contribution in [0, 0.1) is 17.8 Å². The number of nitrogens with zero attached hydrogens (tertiary/aromatic N) is 2. The first-order valence-electron chi connectivity index (χ1n) is 25.5. The fourth-order valence-corrected chi connectivity index (χ4v) is 8.58. The van der Waals surface area contributed by atoms with Crippen LogP contribution in [0.15, 0.2) is 0 Å². The van der Waals surface area contributed by atoms with E-state index in [0.717, 1.165) is 0 Å². The minimum atomic E-state index is -1.48. The molecule has 418 valence electrons. The fraction of sp³-hybridized carbons (Fsp3) is 0.750. The summed E-state index contributed by atoms with van der Waals surface area (Å²) in [5.41, 5.74) is 16.4. The number of carboxylic acid groups (broad SMARTS) is 2. The van der Waals surface area contributed by atoms with E-state index < -0.39 is 150 Å². The predicted molar refractivity (Wildman–Crippen MR) is 267 cm³/mol. The molecule has 26 heteroatoms. The summed E-state index contributed by atoms with van der Waals surface area (Å²) in [5.74, 6) is -11.1. The third-order valence-electron chi connectivity index (χ3n) is 12.8. The van der Waals surface area contributed by atoms with Gasteiger partial charge in [-0.25, -0.2) is 4.79 Å². The summed E-state index contributed by atoms with van der Waals surface area (Å²) < 4.78 is 0. The number of primary amides is 1. The Morgan fingerprint density at radius 2 is 1.05 bits per heavy atom. The molecule has 0 spiro atoms. The Hall–Kier alpha value is -6.44. The van der Waals surface area contributed by atoms with E-state index in [1.807, 2.05) is 13.8 Å². The molecule has 26 nitrogen and oxygen atoms in total. The van der Waals surface area contributed by atoms with Gasteiger partial charge < -0.3 is 74.4 Å². The molecule has 0 bridgehead atoms. The first-order valence-corrected chi connectivity index (χ1v) is 25.5. The van der Waals surface area contributed by atoms with Gasteiger partial charge in [0.05, 0.1) is 6.04 Å². The molecule has 15 N–H and O–H groups in total. The maximum Gasteiger partial charge on any atom is 0.326 e. The van der Waals surface area contributed by atoms with Crippen LogP contribution in [0.25, 0.3) is 0 Å². The largest absolute Gasteiger partial charge is 0.481 e. The molecule has 74 heavy (non-hydrogen) atoms. The van der Waals surface area contributed by atoms with Crippen molar-refractivity contribution in [3.05, 3.63) is 0 Å². The number of carbonyl (C=O) groups is 12. The second-order valence-electron chi connectivity index (χ2n) is 20.3. The van der Waals surface area contributed by atoms with Crippen LogP contribution in [-0.2, 0) is 57.5 Å². The van der Waals surface area contributed by atoms with Crippen LogP contribution in [0.5, 0.6) is 0 Å². The molecule has 0 aliphatic carbocycles. The quantitative estimate of drug-likeness (QED) is 0.0318. The molecule has 0 aromatic rings. The first kappa shape index (κ1) is 63.7. The first-order chi connectivity index (χ1) is 34.6. The van der Waals surface area contributed by atoms with Crippen molar-refractivity contribution in [1.29, 1.82) is 0 Å². The van der Waals surface area contributed by atoms with E-state index in [4.69, 9.17) is 17.2 Å². The molecule has 0 aromatic carbocycles. The van der Waals surface area contributed by atoms with Crippen molar-refractivity contribution in [1.82, 2.24) is 47.0 Å². The highest BCUT2D eigenvalue weighted by Gasteiger charge is 2.43. The van der Waals surface area contributed by atoms with Crippen molar-refractivity contribution in [2.45, 2.75) is 193 Å². The standard InChI is InChI=1S/C48H82N12O14/c1-24(2)23-32(42(67)57-37(25(3)4)45(70)53-29(13-9-10-20-49)41(66)55-31(48(73)74)16-18-35(51)61)56-43(68)33-14-12-22-60(33)47(72)38(26(5)6)58-44(69)34-15-11-21-59(34)46(71)30(17-19-36(62)63)54-40(65)28(8)52-39(64)27(7)50/h24-34,37-38H,9-23,49-50H2,1-8H3,(H2,51,61)(H,52,64)(H,53,70)(H,54,65)(H,55,66)(H,56,68)(H,57,67)(H,58,69)(H,62,63)(H,73,74)/t27-,28-,29-,30-,31-,32-,33-,34-,37-,38-/m0/s1. The van der Waals surface area contributed by atoms with Gasteiger partial charge in [-0.2, -0.15) is 0 Å². The topological polar surface area (TPSA) is 414 Å². The van der Waals surface area contributed by atoms with Crippen molar-refractivity contribution in [2.24, 2.45) is 35.0 Å². The van der Waals surface area contributed by atoms with E-state index in [2.05, 4.69) is 37.2 Å². The van der Waals surface area contributed by atoms with E-state index in [1.54, 1.807) is 27.7 Å². The average Bonchev–Trinajstić information content (AvgIpc) is 4.02. The van der Waals surface area contributed by atoms with Crippen LogP contribution in [0.4, 0.5) is 0 Å². The lowest BCUT2D eigenvalue weighted by molar-refractivity contribution is -0.145. The fourth-order valence-electron chi connectivity index (χ4n) is 8.58. The molecule has 2 fully saturated rings. The monoisotopic (exact) mass is 1050 g/mol. The summed E-state index contributed by atoms with van der Waals surface area (Å²) in [7, 11) is 0. The molecular formula is C48H82N12O14. The predicted octanol–water partition coefficient (Wildman–Crippen LogP) is -2.57. The van der Waals surface area contributed by atoms with Crippen LogP contribution in [0.1, 0.15) is 132 Å². The Balaban J connectivity index is 2.29. The smallest absolute Gasteiger partial charge is 0.326 e. The Labute approximate surface area is 432 Å². The summed E-state index contributed by atoms with van der Waals surface area (Å²) in [6.07, 6.45) is 0.764. The van der Waals surface area contributed by atoms with Crippen molar-refractivity contribution >= 4 is 71.0 Å². The highest BCUT2D eigenvalue weighted by molar-refractivity contribution is 5.99. The minimum Gasteiger partial charge on any atom is -0.481 e. The van der Waals surface area contributed by atoms with Gasteiger partial charge in [0.1, 0.15) is 54.4 Å². The summed E-state index contributed by atoms with van der Waals surface area (Å²) in [6.45, 7) is 13.6. The molecule has 0 unspecified atom stereocenters.